The topological polar surface area (TPSA) is 94.1 Å². The third-order valence-corrected chi connectivity index (χ3v) is 2.78. The number of nitrogens with zero attached hydrogens (tertiary/aromatic N) is 3. The third-order valence-electron chi connectivity index (χ3n) is 2.78. The molecule has 2 aromatic rings. The van der Waals surface area contributed by atoms with E-state index < -0.39 is 4.92 Å². The Morgan fingerprint density at radius 2 is 2.15 bits per heavy atom. The molecule has 2 rings (SSSR count). The molecule has 0 aliphatic rings. The summed E-state index contributed by atoms with van der Waals surface area (Å²) in [5.41, 5.74) is 0.294. The maximum atomic E-state index is 10.9. The fourth-order valence-electron chi connectivity index (χ4n) is 1.64. The Hall–Kier alpha value is -1.99. The van der Waals surface area contributed by atoms with Crippen molar-refractivity contribution in [1.82, 2.24) is 15.5 Å². The first kappa shape index (κ1) is 16.1. The van der Waals surface area contributed by atoms with E-state index in [2.05, 4.69) is 15.5 Å². The SMILES string of the molecule is CNC(C)Cc1noc(-c2ccccc2[N+](=O)[O-])n1.Cl. The lowest BCUT2D eigenvalue weighted by Gasteiger charge is -2.04. The maximum Gasteiger partial charge on any atom is 0.282 e. The van der Waals surface area contributed by atoms with E-state index in [4.69, 9.17) is 4.52 Å². The van der Waals surface area contributed by atoms with Crippen LogP contribution in [0.5, 0.6) is 0 Å². The predicted molar refractivity (Wildman–Crippen MR) is 75.9 cm³/mol. The normalized spacial score (nSPS) is 11.7. The summed E-state index contributed by atoms with van der Waals surface area (Å²) in [7, 11) is 1.84. The highest BCUT2D eigenvalue weighted by Gasteiger charge is 2.20. The Labute approximate surface area is 121 Å². The molecule has 108 valence electrons. The van der Waals surface area contributed by atoms with Gasteiger partial charge in [0, 0.05) is 18.5 Å². The summed E-state index contributed by atoms with van der Waals surface area (Å²) >= 11 is 0. The molecular weight excluding hydrogens is 284 g/mol. The second-order valence-electron chi connectivity index (χ2n) is 4.18. The van der Waals surface area contributed by atoms with Gasteiger partial charge < -0.3 is 9.84 Å². The first-order valence-electron chi connectivity index (χ1n) is 5.85. The largest absolute Gasteiger partial charge is 0.334 e. The van der Waals surface area contributed by atoms with Gasteiger partial charge in [-0.25, -0.2) is 0 Å². The highest BCUT2D eigenvalue weighted by atomic mass is 35.5. The van der Waals surface area contributed by atoms with Gasteiger partial charge >= 0.3 is 0 Å². The van der Waals surface area contributed by atoms with Gasteiger partial charge in [-0.3, -0.25) is 10.1 Å². The Balaban J connectivity index is 0.00000200. The molecular formula is C12H15ClN4O3. The van der Waals surface area contributed by atoms with Crippen LogP contribution in [0.4, 0.5) is 5.69 Å². The van der Waals surface area contributed by atoms with Crippen LogP contribution < -0.4 is 5.32 Å². The first-order chi connectivity index (χ1) is 9.11. The molecule has 8 heteroatoms. The molecule has 1 heterocycles. The van der Waals surface area contributed by atoms with E-state index in [-0.39, 0.29) is 30.0 Å². The van der Waals surface area contributed by atoms with Crippen LogP contribution in [0.25, 0.3) is 11.5 Å². The maximum absolute atomic E-state index is 10.9. The second-order valence-corrected chi connectivity index (χ2v) is 4.18. The molecule has 0 aliphatic heterocycles. The number of halogens is 1. The molecule has 1 aromatic carbocycles. The lowest BCUT2D eigenvalue weighted by Crippen LogP contribution is -2.24. The number of nitro benzene ring substituents is 1. The van der Waals surface area contributed by atoms with E-state index in [1.54, 1.807) is 18.2 Å². The van der Waals surface area contributed by atoms with Crippen molar-refractivity contribution in [2.75, 3.05) is 7.05 Å². The summed E-state index contributed by atoms with van der Waals surface area (Å²) < 4.78 is 5.09. The number of benzene rings is 1. The minimum absolute atomic E-state index is 0. The summed E-state index contributed by atoms with van der Waals surface area (Å²) in [6.07, 6.45) is 0.598. The molecule has 1 aromatic heterocycles. The van der Waals surface area contributed by atoms with Crippen molar-refractivity contribution in [2.24, 2.45) is 0 Å². The molecule has 0 bridgehead atoms. The first-order valence-corrected chi connectivity index (χ1v) is 5.85. The molecule has 0 fully saturated rings. The van der Waals surface area contributed by atoms with Crippen LogP contribution in [-0.2, 0) is 6.42 Å². The monoisotopic (exact) mass is 298 g/mol. The number of likely N-dealkylation sites (N-methyl/N-ethyl adjacent to an activating group) is 1. The van der Waals surface area contributed by atoms with Gasteiger partial charge in [-0.05, 0) is 20.0 Å². The number of aromatic nitrogens is 2. The van der Waals surface area contributed by atoms with Crippen molar-refractivity contribution in [2.45, 2.75) is 19.4 Å². The van der Waals surface area contributed by atoms with Gasteiger partial charge in [0.05, 0.1) is 4.92 Å². The quantitative estimate of drug-likeness (QED) is 0.672. The molecule has 7 nitrogen and oxygen atoms in total. The standard InChI is InChI=1S/C12H14N4O3.ClH/c1-8(13-2)7-11-14-12(19-15-11)9-5-3-4-6-10(9)16(17)18;/h3-6,8,13H,7H2,1-2H3;1H. The smallest absolute Gasteiger partial charge is 0.282 e. The minimum Gasteiger partial charge on any atom is -0.334 e. The molecule has 1 unspecified atom stereocenters. The predicted octanol–water partition coefficient (Wildman–Crippen LogP) is 2.22. The molecule has 0 spiro atoms. The zero-order valence-electron chi connectivity index (χ0n) is 11.1. The van der Waals surface area contributed by atoms with Crippen molar-refractivity contribution < 1.29 is 9.45 Å². The molecule has 1 atom stereocenters. The second kappa shape index (κ2) is 6.97. The average molecular weight is 299 g/mol. The highest BCUT2D eigenvalue weighted by Crippen LogP contribution is 2.27. The summed E-state index contributed by atoms with van der Waals surface area (Å²) in [4.78, 5) is 14.7. The van der Waals surface area contributed by atoms with Crippen LogP contribution in [0.15, 0.2) is 28.8 Å². The third kappa shape index (κ3) is 3.52. The van der Waals surface area contributed by atoms with E-state index in [9.17, 15) is 10.1 Å². The Bertz CT molecular complexity index is 588. The Kier molecular flexibility index (Phi) is 5.60. The fraction of sp³-hybridized carbons (Fsp3) is 0.333. The van der Waals surface area contributed by atoms with Gasteiger partial charge in [-0.15, -0.1) is 12.4 Å². The summed E-state index contributed by atoms with van der Waals surface area (Å²) in [6.45, 7) is 1.99. The van der Waals surface area contributed by atoms with Crippen LogP contribution in [0.2, 0.25) is 0 Å². The summed E-state index contributed by atoms with van der Waals surface area (Å²) in [5.74, 6) is 0.695. The molecule has 0 saturated carbocycles. The molecule has 1 N–H and O–H groups in total. The zero-order valence-corrected chi connectivity index (χ0v) is 11.9. The van der Waals surface area contributed by atoms with Crippen LogP contribution >= 0.6 is 12.4 Å². The van der Waals surface area contributed by atoms with Crippen LogP contribution in [0.3, 0.4) is 0 Å². The number of nitro groups is 1. The summed E-state index contributed by atoms with van der Waals surface area (Å²) in [6, 6.07) is 6.51. The van der Waals surface area contributed by atoms with E-state index in [1.807, 2.05) is 14.0 Å². The van der Waals surface area contributed by atoms with Gasteiger partial charge in [-0.1, -0.05) is 17.3 Å². The Morgan fingerprint density at radius 1 is 1.45 bits per heavy atom. The van der Waals surface area contributed by atoms with Crippen LogP contribution in [0.1, 0.15) is 12.7 Å². The number of rotatable bonds is 5. The molecule has 0 radical (unpaired) electrons. The minimum atomic E-state index is -0.463. The van der Waals surface area contributed by atoms with Crippen molar-refractivity contribution in [3.8, 4) is 11.5 Å². The average Bonchev–Trinajstić information content (AvgIpc) is 2.86. The van der Waals surface area contributed by atoms with Crippen molar-refractivity contribution in [1.29, 1.82) is 0 Å². The summed E-state index contributed by atoms with van der Waals surface area (Å²) in [5, 5.41) is 17.8. The van der Waals surface area contributed by atoms with Crippen molar-refractivity contribution in [3.63, 3.8) is 0 Å². The number of para-hydroxylation sites is 1. The Morgan fingerprint density at radius 3 is 2.80 bits per heavy atom. The van der Waals surface area contributed by atoms with E-state index in [1.165, 1.54) is 6.07 Å². The van der Waals surface area contributed by atoms with Crippen molar-refractivity contribution >= 4 is 18.1 Å². The fourth-order valence-corrected chi connectivity index (χ4v) is 1.64. The number of nitrogens with one attached hydrogen (secondary N) is 1. The lowest BCUT2D eigenvalue weighted by molar-refractivity contribution is -0.384. The lowest BCUT2D eigenvalue weighted by atomic mass is 10.2. The zero-order chi connectivity index (χ0) is 13.8. The van der Waals surface area contributed by atoms with Gasteiger partial charge in [-0.2, -0.15) is 4.98 Å². The molecule has 0 aliphatic carbocycles. The van der Waals surface area contributed by atoms with Crippen molar-refractivity contribution in [3.05, 3.63) is 40.2 Å². The van der Waals surface area contributed by atoms with E-state index in [0.717, 1.165) is 0 Å². The number of hydrogen-bond acceptors (Lipinski definition) is 6. The van der Waals surface area contributed by atoms with E-state index >= 15 is 0 Å². The van der Waals surface area contributed by atoms with E-state index in [0.29, 0.717) is 17.8 Å². The van der Waals surface area contributed by atoms with Crippen LogP contribution in [0, 0.1) is 10.1 Å². The van der Waals surface area contributed by atoms with Gasteiger partial charge in [0.15, 0.2) is 5.82 Å². The molecule has 0 amide bonds. The molecule has 20 heavy (non-hydrogen) atoms. The van der Waals surface area contributed by atoms with Gasteiger partial charge in [0.2, 0.25) is 0 Å². The highest BCUT2D eigenvalue weighted by molar-refractivity contribution is 5.85. The van der Waals surface area contributed by atoms with Gasteiger partial charge in [0.25, 0.3) is 11.6 Å². The van der Waals surface area contributed by atoms with Crippen LogP contribution in [-0.4, -0.2) is 28.2 Å². The molecule has 0 saturated heterocycles. The van der Waals surface area contributed by atoms with Gasteiger partial charge in [0.1, 0.15) is 5.56 Å². The number of hydrogen-bond donors (Lipinski definition) is 1.